The van der Waals surface area contributed by atoms with Crippen LogP contribution >= 0.6 is 34.0 Å². The van der Waals surface area contributed by atoms with Crippen LogP contribution in [0.15, 0.2) is 12.1 Å². The molecule has 0 amide bonds. The van der Waals surface area contributed by atoms with E-state index < -0.39 is 0 Å². The van der Waals surface area contributed by atoms with Gasteiger partial charge in [0.2, 0.25) is 0 Å². The molecule has 0 saturated heterocycles. The molecule has 0 unspecified atom stereocenters. The predicted octanol–water partition coefficient (Wildman–Crippen LogP) is 6.71. The van der Waals surface area contributed by atoms with E-state index in [1.54, 1.807) is 0 Å². The minimum Gasteiger partial charge on any atom is -0.485 e. The predicted molar refractivity (Wildman–Crippen MR) is 102 cm³/mol. The van der Waals surface area contributed by atoms with E-state index >= 15 is 0 Å². The summed E-state index contributed by atoms with van der Waals surface area (Å²) in [6.45, 7) is 10.2. The Morgan fingerprint density at radius 1 is 0.826 bits per heavy atom. The van der Waals surface area contributed by atoms with E-state index in [0.29, 0.717) is 25.0 Å². The molecule has 0 radical (unpaired) electrons. The van der Waals surface area contributed by atoms with Gasteiger partial charge in [0.05, 0.1) is 14.6 Å². The maximum Gasteiger partial charge on any atom is 0.181 e. The highest BCUT2D eigenvalue weighted by Gasteiger charge is 2.27. The van der Waals surface area contributed by atoms with Gasteiger partial charge in [-0.3, -0.25) is 0 Å². The molecule has 5 heteroatoms. The van der Waals surface area contributed by atoms with E-state index in [-0.39, 0.29) is 0 Å². The third-order valence-corrected chi connectivity index (χ3v) is 8.19. The van der Waals surface area contributed by atoms with Gasteiger partial charge in [0.15, 0.2) is 11.5 Å². The number of ether oxygens (including phenoxy) is 2. The van der Waals surface area contributed by atoms with Crippen molar-refractivity contribution in [2.45, 2.75) is 39.5 Å². The van der Waals surface area contributed by atoms with Gasteiger partial charge in [-0.2, -0.15) is 0 Å². The van der Waals surface area contributed by atoms with E-state index in [4.69, 9.17) is 9.47 Å². The van der Waals surface area contributed by atoms with Crippen molar-refractivity contribution < 1.29 is 9.47 Å². The van der Waals surface area contributed by atoms with Crippen molar-refractivity contribution in [1.82, 2.24) is 0 Å². The lowest BCUT2D eigenvalue weighted by molar-refractivity contribution is 0.172. The maximum absolute atomic E-state index is 5.97. The van der Waals surface area contributed by atoms with Crippen LogP contribution in [0.5, 0.6) is 11.5 Å². The summed E-state index contributed by atoms with van der Waals surface area (Å²) in [5.74, 6) is 2.99. The van der Waals surface area contributed by atoms with Crippen LogP contribution in [0, 0.1) is 0 Å². The van der Waals surface area contributed by atoms with Gasteiger partial charge in [0.25, 0.3) is 0 Å². The lowest BCUT2D eigenvalue weighted by Gasteiger charge is -2.17. The van der Waals surface area contributed by atoms with Crippen LogP contribution in [0.1, 0.15) is 49.3 Å². The molecular weight excluding hydrogens is 344 g/mol. The lowest BCUT2D eigenvalue weighted by Crippen LogP contribution is -2.15. The lowest BCUT2D eigenvalue weighted by atomic mass is 10.1. The molecule has 3 aromatic rings. The van der Waals surface area contributed by atoms with Crippen molar-refractivity contribution in [3.63, 3.8) is 0 Å². The smallest absolute Gasteiger partial charge is 0.181 e. The highest BCUT2D eigenvalue weighted by Crippen LogP contribution is 2.54. The van der Waals surface area contributed by atoms with Gasteiger partial charge < -0.3 is 9.47 Å². The minimum atomic E-state index is 0.456. The molecule has 122 valence electrons. The second kappa shape index (κ2) is 5.80. The largest absolute Gasteiger partial charge is 0.485 e. The molecule has 1 aliphatic rings. The first-order valence-electron chi connectivity index (χ1n) is 8.00. The molecule has 0 bridgehead atoms. The topological polar surface area (TPSA) is 18.5 Å². The Bertz CT molecular complexity index is 820. The second-order valence-corrected chi connectivity index (χ2v) is 9.70. The molecule has 0 spiro atoms. The zero-order chi connectivity index (χ0) is 16.1. The van der Waals surface area contributed by atoms with E-state index in [2.05, 4.69) is 39.8 Å². The molecule has 4 heterocycles. The molecule has 2 nitrogen and oxygen atoms in total. The number of hydrogen-bond donors (Lipinski definition) is 0. The first-order valence-corrected chi connectivity index (χ1v) is 10.5. The number of thiophene rings is 3. The van der Waals surface area contributed by atoms with Gasteiger partial charge in [-0.1, -0.05) is 27.7 Å². The number of hydrogen-bond acceptors (Lipinski definition) is 5. The van der Waals surface area contributed by atoms with E-state index in [9.17, 15) is 0 Å². The van der Waals surface area contributed by atoms with Crippen molar-refractivity contribution in [1.29, 1.82) is 0 Å². The van der Waals surface area contributed by atoms with Crippen LogP contribution in [0.3, 0.4) is 0 Å². The molecule has 0 atom stereocenters. The highest BCUT2D eigenvalue weighted by molar-refractivity contribution is 7.31. The standard InChI is InChI=1S/C18H20O2S3/c1-9(2)11-7-12-13(21-11)8-14(22-12)18-16-15(19-5-6-20-16)17(23-18)10(3)4/h7-10H,5-6H2,1-4H3. The molecule has 4 rings (SSSR count). The van der Waals surface area contributed by atoms with Crippen LogP contribution < -0.4 is 9.47 Å². The Balaban J connectivity index is 1.82. The highest BCUT2D eigenvalue weighted by atomic mass is 32.1. The SMILES string of the molecule is CC(C)c1cc2sc(-c3sc(C(C)C)c4c3OCCO4)cc2s1. The van der Waals surface area contributed by atoms with Crippen molar-refractivity contribution >= 4 is 43.4 Å². The van der Waals surface area contributed by atoms with Gasteiger partial charge in [0.1, 0.15) is 13.2 Å². The monoisotopic (exact) mass is 364 g/mol. The van der Waals surface area contributed by atoms with E-state index in [1.807, 2.05) is 34.0 Å². The minimum absolute atomic E-state index is 0.456. The first-order chi connectivity index (χ1) is 11.0. The average molecular weight is 365 g/mol. The summed E-state index contributed by atoms with van der Waals surface area (Å²) >= 11 is 5.62. The Hall–Kier alpha value is -1.04. The molecule has 0 aliphatic carbocycles. The van der Waals surface area contributed by atoms with Crippen molar-refractivity contribution in [3.05, 3.63) is 21.9 Å². The quantitative estimate of drug-likeness (QED) is 0.514. The molecule has 0 saturated carbocycles. The summed E-state index contributed by atoms with van der Waals surface area (Å²) in [4.78, 5) is 5.31. The maximum atomic E-state index is 5.97. The zero-order valence-corrected chi connectivity index (χ0v) is 16.2. The Morgan fingerprint density at radius 2 is 1.52 bits per heavy atom. The molecule has 23 heavy (non-hydrogen) atoms. The fourth-order valence-electron chi connectivity index (χ4n) is 2.77. The summed E-state index contributed by atoms with van der Waals surface area (Å²) in [6.07, 6.45) is 0. The van der Waals surface area contributed by atoms with Crippen LogP contribution in [0.25, 0.3) is 19.2 Å². The summed E-state index contributed by atoms with van der Waals surface area (Å²) < 4.78 is 14.7. The Labute approximate surface area is 148 Å². The fourth-order valence-corrected chi connectivity index (χ4v) is 6.47. The van der Waals surface area contributed by atoms with Gasteiger partial charge in [-0.15, -0.1) is 34.0 Å². The van der Waals surface area contributed by atoms with Crippen molar-refractivity contribution in [2.24, 2.45) is 0 Å². The van der Waals surface area contributed by atoms with E-state index in [1.165, 1.54) is 28.9 Å². The average Bonchev–Trinajstić information content (AvgIpc) is 3.16. The molecule has 0 fully saturated rings. The Kier molecular flexibility index (Phi) is 3.90. The normalized spacial score (nSPS) is 14.3. The first kappa shape index (κ1) is 15.5. The molecule has 0 aromatic carbocycles. The van der Waals surface area contributed by atoms with Gasteiger partial charge >= 0.3 is 0 Å². The third-order valence-electron chi connectivity index (χ3n) is 3.97. The van der Waals surface area contributed by atoms with Crippen molar-refractivity contribution in [2.75, 3.05) is 13.2 Å². The van der Waals surface area contributed by atoms with Crippen LogP contribution in [0.4, 0.5) is 0 Å². The van der Waals surface area contributed by atoms with Crippen LogP contribution in [-0.4, -0.2) is 13.2 Å². The van der Waals surface area contributed by atoms with Crippen LogP contribution in [-0.2, 0) is 0 Å². The summed E-state index contributed by atoms with van der Waals surface area (Å²) in [7, 11) is 0. The van der Waals surface area contributed by atoms with Gasteiger partial charge in [-0.25, -0.2) is 0 Å². The number of rotatable bonds is 3. The third kappa shape index (κ3) is 2.59. The zero-order valence-electron chi connectivity index (χ0n) is 13.8. The van der Waals surface area contributed by atoms with E-state index in [0.717, 1.165) is 11.5 Å². The van der Waals surface area contributed by atoms with Crippen molar-refractivity contribution in [3.8, 4) is 21.3 Å². The Morgan fingerprint density at radius 3 is 2.17 bits per heavy atom. The second-order valence-electron chi connectivity index (χ2n) is 6.45. The van der Waals surface area contributed by atoms with Crippen LogP contribution in [0.2, 0.25) is 0 Å². The molecular formula is C18H20O2S3. The molecule has 0 N–H and O–H groups in total. The number of fused-ring (bicyclic) bond motifs is 2. The fraction of sp³-hybridized carbons (Fsp3) is 0.444. The summed E-state index contributed by atoms with van der Waals surface area (Å²) in [5, 5.41) is 0. The molecule has 3 aromatic heterocycles. The summed E-state index contributed by atoms with van der Waals surface area (Å²) in [6, 6.07) is 4.67. The van der Waals surface area contributed by atoms with Gasteiger partial charge in [-0.05, 0) is 24.0 Å². The molecule has 1 aliphatic heterocycles. The van der Waals surface area contributed by atoms with Gasteiger partial charge in [0, 0.05) is 14.3 Å². The summed E-state index contributed by atoms with van der Waals surface area (Å²) in [5.41, 5.74) is 0.